The molecule has 4 nitrogen and oxygen atoms in total. The van der Waals surface area contributed by atoms with Crippen LogP contribution in [0.1, 0.15) is 71.1 Å². The second-order valence-corrected chi connectivity index (χ2v) is 6.99. The molecule has 0 aromatic rings. The van der Waals surface area contributed by atoms with Crippen LogP contribution < -0.4 is 11.5 Å². The van der Waals surface area contributed by atoms with Crippen LogP contribution in [0.4, 0.5) is 0 Å². The number of nitrogens with two attached hydrogens (primary N) is 2. The van der Waals surface area contributed by atoms with Gasteiger partial charge in [-0.1, -0.05) is 74.1 Å². The summed E-state index contributed by atoms with van der Waals surface area (Å²) in [6, 6.07) is -0.255. The first kappa shape index (κ1) is 27.1. The number of hydrogen-bond acceptors (Lipinski definition) is 4. The number of hydrogen-bond donors (Lipinski definition) is 2. The lowest BCUT2D eigenvalue weighted by atomic mass is 10.1. The van der Waals surface area contributed by atoms with Crippen LogP contribution in [0.15, 0.2) is 60.8 Å². The minimum absolute atomic E-state index is 0.177. The first-order valence-corrected chi connectivity index (χ1v) is 11.1. The van der Waals surface area contributed by atoms with E-state index in [-0.39, 0.29) is 18.6 Å². The molecule has 0 aliphatic heterocycles. The van der Waals surface area contributed by atoms with Crippen molar-refractivity contribution in [2.45, 2.75) is 77.2 Å². The summed E-state index contributed by atoms with van der Waals surface area (Å²) >= 11 is 0. The number of carbonyl (C=O) groups excluding carboxylic acids is 1. The predicted octanol–water partition coefficient (Wildman–Crippen LogP) is 5.52. The summed E-state index contributed by atoms with van der Waals surface area (Å²) in [6.07, 6.45) is 31.7. The van der Waals surface area contributed by atoms with Crippen molar-refractivity contribution in [2.24, 2.45) is 11.5 Å². The number of esters is 1. The maximum Gasteiger partial charge on any atom is 0.305 e. The van der Waals surface area contributed by atoms with Gasteiger partial charge in [-0.25, -0.2) is 0 Å². The van der Waals surface area contributed by atoms with E-state index in [2.05, 4.69) is 67.7 Å². The van der Waals surface area contributed by atoms with Gasteiger partial charge in [0, 0.05) is 13.0 Å². The Morgan fingerprint density at radius 3 is 1.83 bits per heavy atom. The van der Waals surface area contributed by atoms with Gasteiger partial charge >= 0.3 is 5.97 Å². The predicted molar refractivity (Wildman–Crippen MR) is 126 cm³/mol. The van der Waals surface area contributed by atoms with Crippen molar-refractivity contribution >= 4 is 5.97 Å². The Morgan fingerprint density at radius 2 is 1.31 bits per heavy atom. The number of carbonyl (C=O) groups is 1. The van der Waals surface area contributed by atoms with E-state index in [4.69, 9.17) is 16.2 Å². The zero-order valence-corrected chi connectivity index (χ0v) is 18.3. The van der Waals surface area contributed by atoms with Gasteiger partial charge < -0.3 is 16.2 Å². The Hall–Kier alpha value is -1.91. The molecule has 0 amide bonds. The van der Waals surface area contributed by atoms with E-state index < -0.39 is 0 Å². The maximum absolute atomic E-state index is 11.5. The van der Waals surface area contributed by atoms with Crippen LogP contribution in [0.25, 0.3) is 0 Å². The fourth-order valence-electron chi connectivity index (χ4n) is 2.42. The molecule has 29 heavy (non-hydrogen) atoms. The molecule has 1 atom stereocenters. The summed E-state index contributed by atoms with van der Waals surface area (Å²) in [5.41, 5.74) is 11.0. The smallest absolute Gasteiger partial charge is 0.305 e. The van der Waals surface area contributed by atoms with Gasteiger partial charge in [0.2, 0.25) is 0 Å². The van der Waals surface area contributed by atoms with Gasteiger partial charge in [-0.3, -0.25) is 4.79 Å². The molecule has 0 fully saturated rings. The van der Waals surface area contributed by atoms with Gasteiger partial charge in [0.25, 0.3) is 0 Å². The van der Waals surface area contributed by atoms with Crippen molar-refractivity contribution in [1.29, 1.82) is 0 Å². The summed E-state index contributed by atoms with van der Waals surface area (Å²) in [5.74, 6) is -0.177. The first-order chi connectivity index (χ1) is 14.2. The highest BCUT2D eigenvalue weighted by Crippen LogP contribution is 2.05. The normalized spacial score (nSPS) is 13.6. The number of ether oxygens (including phenoxy) is 1. The minimum atomic E-state index is -0.255. The molecule has 0 heterocycles. The van der Waals surface area contributed by atoms with E-state index in [1.807, 2.05) is 0 Å². The van der Waals surface area contributed by atoms with Crippen LogP contribution in [0.2, 0.25) is 0 Å². The molecule has 0 aliphatic carbocycles. The molecule has 0 radical (unpaired) electrons. The molecular weight excluding hydrogens is 360 g/mol. The maximum atomic E-state index is 11.5. The molecule has 164 valence electrons. The number of unbranched alkanes of at least 4 members (excludes halogenated alkanes) is 3. The number of allylic oxidation sites excluding steroid dienone is 10. The summed E-state index contributed by atoms with van der Waals surface area (Å²) < 4.78 is 5.06. The van der Waals surface area contributed by atoms with E-state index in [1.54, 1.807) is 0 Å². The van der Waals surface area contributed by atoms with Crippen molar-refractivity contribution in [3.05, 3.63) is 60.8 Å². The molecule has 0 spiro atoms. The van der Waals surface area contributed by atoms with Crippen LogP contribution in [-0.2, 0) is 9.53 Å². The molecule has 0 aromatic carbocycles. The van der Waals surface area contributed by atoms with Crippen molar-refractivity contribution in [1.82, 2.24) is 0 Å². The summed E-state index contributed by atoms with van der Waals surface area (Å²) in [5, 5.41) is 0. The molecule has 0 rings (SSSR count). The Kier molecular flexibility index (Phi) is 20.9. The van der Waals surface area contributed by atoms with Crippen molar-refractivity contribution < 1.29 is 9.53 Å². The summed E-state index contributed by atoms with van der Waals surface area (Å²) in [7, 11) is 0. The lowest BCUT2D eigenvalue weighted by Gasteiger charge is -2.09. The van der Waals surface area contributed by atoms with Gasteiger partial charge in [-0.2, -0.15) is 0 Å². The van der Waals surface area contributed by atoms with Gasteiger partial charge in [0.15, 0.2) is 0 Å². The Bertz CT molecular complexity index is 519. The van der Waals surface area contributed by atoms with E-state index in [0.29, 0.717) is 13.0 Å². The topological polar surface area (TPSA) is 78.3 Å². The second-order valence-electron chi connectivity index (χ2n) is 6.99. The largest absolute Gasteiger partial charge is 0.464 e. The molecule has 0 saturated heterocycles. The van der Waals surface area contributed by atoms with Crippen LogP contribution in [-0.4, -0.2) is 25.2 Å². The summed E-state index contributed by atoms with van der Waals surface area (Å²) in [6.45, 7) is 2.70. The zero-order valence-electron chi connectivity index (χ0n) is 18.3. The van der Waals surface area contributed by atoms with E-state index >= 15 is 0 Å². The lowest BCUT2D eigenvalue weighted by molar-refractivity contribution is -0.144. The molecule has 4 N–H and O–H groups in total. The molecule has 1 unspecified atom stereocenters. The van der Waals surface area contributed by atoms with Crippen LogP contribution in [0.3, 0.4) is 0 Å². The van der Waals surface area contributed by atoms with Crippen LogP contribution in [0, 0.1) is 0 Å². The third-order valence-electron chi connectivity index (χ3n) is 4.17. The van der Waals surface area contributed by atoms with Gasteiger partial charge in [-0.15, -0.1) is 0 Å². The fraction of sp³-hybridized carbons (Fsp3) is 0.560. The quantitative estimate of drug-likeness (QED) is 0.180. The Balaban J connectivity index is 3.47. The average Bonchev–Trinajstić information content (AvgIpc) is 2.73. The van der Waals surface area contributed by atoms with Gasteiger partial charge in [0.1, 0.15) is 6.61 Å². The third-order valence-corrected chi connectivity index (χ3v) is 4.17. The Labute approximate surface area is 178 Å². The molecule has 0 bridgehead atoms. The molecule has 0 saturated carbocycles. The molecule has 0 aromatic heterocycles. The first-order valence-electron chi connectivity index (χ1n) is 11.1. The fourth-order valence-corrected chi connectivity index (χ4v) is 2.42. The Morgan fingerprint density at radius 1 is 0.793 bits per heavy atom. The van der Waals surface area contributed by atoms with Gasteiger partial charge in [0.05, 0.1) is 6.04 Å². The highest BCUT2D eigenvalue weighted by atomic mass is 16.5. The SMILES string of the molecule is CC/C=C\C/C=C\C/C=C\C/C=C\C/C=C\CCCCCC(=O)OCC(N)CN. The minimum Gasteiger partial charge on any atom is -0.464 e. The lowest BCUT2D eigenvalue weighted by Crippen LogP contribution is -2.35. The standard InChI is InChI=1S/C25H42N2O2/c1-2-3-4-5-6-7-8-9-10-11-12-13-14-15-16-17-18-19-20-21-25(28)29-23-24(27)22-26/h3-4,6-7,9-10,12-13,15-16,24H,2,5,8,11,14,17-23,26-27H2,1H3/b4-3-,7-6-,10-9-,13-12-,16-15-. The van der Waals surface area contributed by atoms with E-state index in [0.717, 1.165) is 57.8 Å². The zero-order chi connectivity index (χ0) is 21.4. The average molecular weight is 403 g/mol. The number of rotatable bonds is 18. The molecular formula is C25H42N2O2. The highest BCUT2D eigenvalue weighted by molar-refractivity contribution is 5.69. The molecule has 0 aliphatic rings. The van der Waals surface area contributed by atoms with Crippen molar-refractivity contribution in [2.75, 3.05) is 13.2 Å². The monoisotopic (exact) mass is 402 g/mol. The van der Waals surface area contributed by atoms with Crippen LogP contribution in [0.5, 0.6) is 0 Å². The highest BCUT2D eigenvalue weighted by Gasteiger charge is 2.05. The van der Waals surface area contributed by atoms with E-state index in [9.17, 15) is 4.79 Å². The second kappa shape index (κ2) is 22.4. The molecule has 4 heteroatoms. The van der Waals surface area contributed by atoms with E-state index in [1.165, 1.54) is 0 Å². The van der Waals surface area contributed by atoms with Crippen molar-refractivity contribution in [3.8, 4) is 0 Å². The van der Waals surface area contributed by atoms with Crippen LogP contribution >= 0.6 is 0 Å². The van der Waals surface area contributed by atoms with Gasteiger partial charge in [-0.05, 0) is 51.4 Å². The third kappa shape index (κ3) is 22.2. The summed E-state index contributed by atoms with van der Waals surface area (Å²) in [4.78, 5) is 11.5. The van der Waals surface area contributed by atoms with Crippen molar-refractivity contribution in [3.63, 3.8) is 0 Å².